The molecule has 0 saturated carbocycles. The van der Waals surface area contributed by atoms with Crippen LogP contribution in [0.5, 0.6) is 0 Å². The summed E-state index contributed by atoms with van der Waals surface area (Å²) >= 11 is 0. The number of carbonyl (C=O) groups is 1. The van der Waals surface area contributed by atoms with Crippen molar-refractivity contribution in [3.63, 3.8) is 0 Å². The van der Waals surface area contributed by atoms with Gasteiger partial charge in [0.15, 0.2) is 0 Å². The van der Waals surface area contributed by atoms with Crippen molar-refractivity contribution in [2.24, 2.45) is 0 Å². The molecule has 0 aliphatic carbocycles. The lowest BCUT2D eigenvalue weighted by Crippen LogP contribution is -2.40. The molecule has 0 bridgehead atoms. The van der Waals surface area contributed by atoms with Crippen molar-refractivity contribution in [1.29, 1.82) is 0 Å². The fraction of sp³-hybridized carbons (Fsp3) is 0.357. The Morgan fingerprint density at radius 1 is 1.35 bits per heavy atom. The van der Waals surface area contributed by atoms with E-state index in [1.165, 1.54) is 0 Å². The second kappa shape index (κ2) is 5.64. The second-order valence-corrected chi connectivity index (χ2v) is 4.29. The highest BCUT2D eigenvalue weighted by atomic mass is 16.2. The maximum Gasteiger partial charge on any atom is 0.265 e. The molecule has 1 aliphatic rings. The summed E-state index contributed by atoms with van der Waals surface area (Å²) in [6.07, 6.45) is 4.87. The summed E-state index contributed by atoms with van der Waals surface area (Å²) in [5, 5.41) is 1.99. The van der Waals surface area contributed by atoms with Crippen LogP contribution < -0.4 is 5.43 Å². The normalized spacial score (nSPS) is 15.8. The standard InChI is InChI=1S/C14H18N2O/c1-2-7-12-8-3-4-9-13(12)14(17)15-16-10-5-6-11-16/h2-4,8-9H,1,5-7,10-11H2,(H,15,17). The molecule has 3 nitrogen and oxygen atoms in total. The van der Waals surface area contributed by atoms with Crippen LogP contribution in [0, 0.1) is 0 Å². The first-order chi connectivity index (χ1) is 8.31. The van der Waals surface area contributed by atoms with Gasteiger partial charge in [-0.05, 0) is 30.9 Å². The average molecular weight is 230 g/mol. The summed E-state index contributed by atoms with van der Waals surface area (Å²) in [5.41, 5.74) is 4.73. The van der Waals surface area contributed by atoms with E-state index < -0.39 is 0 Å². The van der Waals surface area contributed by atoms with Gasteiger partial charge in [-0.25, -0.2) is 5.01 Å². The summed E-state index contributed by atoms with van der Waals surface area (Å²) in [4.78, 5) is 12.1. The van der Waals surface area contributed by atoms with Gasteiger partial charge in [-0.2, -0.15) is 0 Å². The van der Waals surface area contributed by atoms with Crippen molar-refractivity contribution < 1.29 is 4.79 Å². The molecule has 0 aromatic heterocycles. The molecule has 1 amide bonds. The Morgan fingerprint density at radius 3 is 2.76 bits per heavy atom. The molecule has 1 N–H and O–H groups in total. The lowest BCUT2D eigenvalue weighted by atomic mass is 10.0. The van der Waals surface area contributed by atoms with Crippen molar-refractivity contribution in [2.75, 3.05) is 13.1 Å². The Labute approximate surface area is 102 Å². The Balaban J connectivity index is 2.09. The van der Waals surface area contributed by atoms with Gasteiger partial charge in [-0.15, -0.1) is 6.58 Å². The molecule has 1 aromatic carbocycles. The van der Waals surface area contributed by atoms with Crippen LogP contribution in [0.4, 0.5) is 0 Å². The van der Waals surface area contributed by atoms with E-state index in [1.54, 1.807) is 0 Å². The zero-order chi connectivity index (χ0) is 12.1. The van der Waals surface area contributed by atoms with E-state index in [2.05, 4.69) is 12.0 Å². The van der Waals surface area contributed by atoms with Gasteiger partial charge in [0.05, 0.1) is 0 Å². The van der Waals surface area contributed by atoms with Gasteiger partial charge in [0.2, 0.25) is 0 Å². The predicted molar refractivity (Wildman–Crippen MR) is 68.6 cm³/mol. The molecule has 1 fully saturated rings. The largest absolute Gasteiger partial charge is 0.285 e. The van der Waals surface area contributed by atoms with Gasteiger partial charge in [-0.1, -0.05) is 24.3 Å². The van der Waals surface area contributed by atoms with Crippen LogP contribution in [0.2, 0.25) is 0 Å². The molecule has 0 spiro atoms. The molecule has 2 rings (SSSR count). The first-order valence-electron chi connectivity index (χ1n) is 6.06. The number of allylic oxidation sites excluding steroid dienone is 1. The number of nitrogens with one attached hydrogen (secondary N) is 1. The zero-order valence-electron chi connectivity index (χ0n) is 9.98. The number of benzene rings is 1. The first kappa shape index (κ1) is 11.9. The fourth-order valence-electron chi connectivity index (χ4n) is 2.11. The summed E-state index contributed by atoms with van der Waals surface area (Å²) in [7, 11) is 0. The number of hydrogen-bond acceptors (Lipinski definition) is 2. The number of hydrazine groups is 1. The molecule has 0 radical (unpaired) electrons. The summed E-state index contributed by atoms with van der Waals surface area (Å²) < 4.78 is 0. The van der Waals surface area contributed by atoms with Gasteiger partial charge in [0.25, 0.3) is 5.91 Å². The lowest BCUT2D eigenvalue weighted by Gasteiger charge is -2.17. The molecule has 0 unspecified atom stereocenters. The molecule has 1 aliphatic heterocycles. The third kappa shape index (κ3) is 2.94. The monoisotopic (exact) mass is 230 g/mol. The number of carbonyl (C=O) groups excluding carboxylic acids is 1. The van der Waals surface area contributed by atoms with E-state index >= 15 is 0 Å². The molecule has 0 atom stereocenters. The van der Waals surface area contributed by atoms with E-state index in [0.29, 0.717) is 0 Å². The van der Waals surface area contributed by atoms with Gasteiger partial charge in [0.1, 0.15) is 0 Å². The molecule has 1 heterocycles. The summed E-state index contributed by atoms with van der Waals surface area (Å²) in [6, 6.07) is 7.68. The van der Waals surface area contributed by atoms with Crippen LogP contribution in [0.25, 0.3) is 0 Å². The van der Waals surface area contributed by atoms with E-state index in [1.807, 2.05) is 35.4 Å². The van der Waals surface area contributed by atoms with Crippen molar-refractivity contribution in [1.82, 2.24) is 10.4 Å². The highest BCUT2D eigenvalue weighted by molar-refractivity contribution is 5.95. The second-order valence-electron chi connectivity index (χ2n) is 4.29. The van der Waals surface area contributed by atoms with Gasteiger partial charge in [-0.3, -0.25) is 10.2 Å². The van der Waals surface area contributed by atoms with Gasteiger partial charge < -0.3 is 0 Å². The van der Waals surface area contributed by atoms with Crippen LogP contribution in [-0.2, 0) is 6.42 Å². The highest BCUT2D eigenvalue weighted by Crippen LogP contribution is 2.11. The lowest BCUT2D eigenvalue weighted by molar-refractivity contribution is 0.0825. The van der Waals surface area contributed by atoms with Crippen molar-refractivity contribution in [2.45, 2.75) is 19.3 Å². The Morgan fingerprint density at radius 2 is 2.06 bits per heavy atom. The van der Waals surface area contributed by atoms with E-state index in [0.717, 1.165) is 43.5 Å². The maximum absolute atomic E-state index is 12.1. The molecule has 3 heteroatoms. The molecule has 90 valence electrons. The minimum Gasteiger partial charge on any atom is -0.285 e. The minimum absolute atomic E-state index is 0.00986. The van der Waals surface area contributed by atoms with Crippen molar-refractivity contribution in [3.05, 3.63) is 48.0 Å². The van der Waals surface area contributed by atoms with E-state index in [-0.39, 0.29) is 5.91 Å². The maximum atomic E-state index is 12.1. The Kier molecular flexibility index (Phi) is 3.94. The van der Waals surface area contributed by atoms with Crippen LogP contribution in [0.3, 0.4) is 0 Å². The highest BCUT2D eigenvalue weighted by Gasteiger charge is 2.16. The van der Waals surface area contributed by atoms with Crippen LogP contribution in [0.15, 0.2) is 36.9 Å². The Bertz CT molecular complexity index is 408. The topological polar surface area (TPSA) is 32.3 Å². The molecular weight excluding hydrogens is 212 g/mol. The smallest absolute Gasteiger partial charge is 0.265 e. The van der Waals surface area contributed by atoms with Gasteiger partial charge >= 0.3 is 0 Å². The third-order valence-corrected chi connectivity index (χ3v) is 2.99. The number of rotatable bonds is 4. The predicted octanol–water partition coefficient (Wildman–Crippen LogP) is 2.16. The third-order valence-electron chi connectivity index (χ3n) is 2.99. The van der Waals surface area contributed by atoms with E-state index in [4.69, 9.17) is 0 Å². The molecule has 1 saturated heterocycles. The van der Waals surface area contributed by atoms with Crippen LogP contribution in [-0.4, -0.2) is 24.0 Å². The quantitative estimate of drug-likeness (QED) is 0.804. The van der Waals surface area contributed by atoms with E-state index in [9.17, 15) is 4.79 Å². The van der Waals surface area contributed by atoms with Crippen molar-refractivity contribution in [3.8, 4) is 0 Å². The molecule has 1 aromatic rings. The van der Waals surface area contributed by atoms with Crippen LogP contribution in [0.1, 0.15) is 28.8 Å². The number of nitrogens with zero attached hydrogens (tertiary/aromatic N) is 1. The average Bonchev–Trinajstić information content (AvgIpc) is 2.83. The molecule has 17 heavy (non-hydrogen) atoms. The SMILES string of the molecule is C=CCc1ccccc1C(=O)NN1CCCC1. The number of amides is 1. The number of hydrogen-bond donors (Lipinski definition) is 1. The zero-order valence-corrected chi connectivity index (χ0v) is 9.98. The Hall–Kier alpha value is -1.61. The summed E-state index contributed by atoms with van der Waals surface area (Å²) in [5.74, 6) is -0.00986. The fourth-order valence-corrected chi connectivity index (χ4v) is 2.11. The summed E-state index contributed by atoms with van der Waals surface area (Å²) in [6.45, 7) is 5.63. The van der Waals surface area contributed by atoms with Crippen LogP contribution >= 0.6 is 0 Å². The minimum atomic E-state index is -0.00986. The van der Waals surface area contributed by atoms with Gasteiger partial charge in [0, 0.05) is 18.7 Å². The first-order valence-corrected chi connectivity index (χ1v) is 6.06. The van der Waals surface area contributed by atoms with Crippen molar-refractivity contribution >= 4 is 5.91 Å². The molecular formula is C14H18N2O.